The van der Waals surface area contributed by atoms with Crippen molar-refractivity contribution < 1.29 is 4.79 Å². The third-order valence-electron chi connectivity index (χ3n) is 5.34. The molecule has 5 nitrogen and oxygen atoms in total. The topological polar surface area (TPSA) is 48.5 Å². The Balaban J connectivity index is 1.36. The normalized spacial score (nSPS) is 20.4. The number of likely N-dealkylation sites (tertiary alicyclic amines) is 1. The van der Waals surface area contributed by atoms with Gasteiger partial charge in [0.2, 0.25) is 0 Å². The zero-order valence-electron chi connectivity index (χ0n) is 15.2. The van der Waals surface area contributed by atoms with Gasteiger partial charge in [-0.1, -0.05) is 6.07 Å². The van der Waals surface area contributed by atoms with E-state index in [1.807, 2.05) is 25.2 Å². The summed E-state index contributed by atoms with van der Waals surface area (Å²) in [6.45, 7) is 2.94. The van der Waals surface area contributed by atoms with Crippen LogP contribution >= 0.6 is 11.8 Å². The lowest BCUT2D eigenvalue weighted by Gasteiger charge is -2.39. The molecule has 2 aliphatic heterocycles. The van der Waals surface area contributed by atoms with Crippen molar-refractivity contribution in [2.45, 2.75) is 44.2 Å². The number of piperidine rings is 1. The standard InChI is InChI=1S/C19H30N4OS/c1-22(11-5-16-4-2-3-10-20-16)19(24)21-17-6-12-23(13-7-17)18-8-14-25-15-9-18/h2-4,10,17-18H,5-9,11-15H2,1H3,(H,21,24). The maximum atomic E-state index is 12.4. The Labute approximate surface area is 155 Å². The Bertz CT molecular complexity index is 527. The summed E-state index contributed by atoms with van der Waals surface area (Å²) in [5.74, 6) is 2.62. The highest BCUT2D eigenvalue weighted by molar-refractivity contribution is 7.99. The molecule has 6 heteroatoms. The molecule has 0 aliphatic carbocycles. The van der Waals surface area contributed by atoms with Gasteiger partial charge in [-0.25, -0.2) is 4.79 Å². The summed E-state index contributed by atoms with van der Waals surface area (Å²) in [7, 11) is 1.87. The summed E-state index contributed by atoms with van der Waals surface area (Å²) >= 11 is 2.08. The van der Waals surface area contributed by atoms with Crippen molar-refractivity contribution >= 4 is 17.8 Å². The minimum absolute atomic E-state index is 0.0449. The van der Waals surface area contributed by atoms with Crippen molar-refractivity contribution in [2.24, 2.45) is 0 Å². The van der Waals surface area contributed by atoms with E-state index < -0.39 is 0 Å². The number of carbonyl (C=O) groups is 1. The van der Waals surface area contributed by atoms with Crippen LogP contribution in [0.15, 0.2) is 24.4 Å². The zero-order valence-corrected chi connectivity index (χ0v) is 16.0. The van der Waals surface area contributed by atoms with E-state index in [9.17, 15) is 4.79 Å². The van der Waals surface area contributed by atoms with E-state index in [1.165, 1.54) is 24.3 Å². The average Bonchev–Trinajstić information content (AvgIpc) is 2.68. The molecule has 25 heavy (non-hydrogen) atoms. The number of aromatic nitrogens is 1. The summed E-state index contributed by atoms with van der Waals surface area (Å²) in [6.07, 6.45) is 7.40. The number of thioether (sulfide) groups is 1. The van der Waals surface area contributed by atoms with Gasteiger partial charge < -0.3 is 15.1 Å². The predicted molar refractivity (Wildman–Crippen MR) is 104 cm³/mol. The van der Waals surface area contributed by atoms with Gasteiger partial charge in [0.1, 0.15) is 0 Å². The lowest BCUT2D eigenvalue weighted by atomic mass is 10.0. The van der Waals surface area contributed by atoms with Crippen LogP contribution in [0.25, 0.3) is 0 Å². The Morgan fingerprint density at radius 1 is 1.28 bits per heavy atom. The van der Waals surface area contributed by atoms with E-state index in [2.05, 4.69) is 27.0 Å². The molecule has 138 valence electrons. The number of hydrogen-bond donors (Lipinski definition) is 1. The van der Waals surface area contributed by atoms with Gasteiger partial charge in [-0.3, -0.25) is 4.98 Å². The Morgan fingerprint density at radius 2 is 2.04 bits per heavy atom. The summed E-state index contributed by atoms with van der Waals surface area (Å²) in [5, 5.41) is 3.21. The number of nitrogens with one attached hydrogen (secondary N) is 1. The molecule has 2 fully saturated rings. The first-order chi connectivity index (χ1) is 12.2. The second kappa shape index (κ2) is 9.43. The van der Waals surface area contributed by atoms with Gasteiger partial charge in [-0.05, 0) is 49.3 Å². The predicted octanol–water partition coefficient (Wildman–Crippen LogP) is 2.63. The number of urea groups is 1. The third-order valence-corrected chi connectivity index (χ3v) is 6.39. The van der Waals surface area contributed by atoms with Gasteiger partial charge in [0.25, 0.3) is 0 Å². The van der Waals surface area contributed by atoms with Crippen LogP contribution in [0.2, 0.25) is 0 Å². The average molecular weight is 363 g/mol. The summed E-state index contributed by atoms with van der Waals surface area (Å²) in [4.78, 5) is 21.1. The molecule has 0 atom stereocenters. The largest absolute Gasteiger partial charge is 0.335 e. The van der Waals surface area contributed by atoms with E-state index >= 15 is 0 Å². The van der Waals surface area contributed by atoms with Crippen molar-refractivity contribution in [2.75, 3.05) is 38.2 Å². The fourth-order valence-corrected chi connectivity index (χ4v) is 4.76. The van der Waals surface area contributed by atoms with Crippen LogP contribution in [0.1, 0.15) is 31.4 Å². The maximum absolute atomic E-state index is 12.4. The number of carbonyl (C=O) groups excluding carboxylic acids is 1. The summed E-state index contributed by atoms with van der Waals surface area (Å²) < 4.78 is 0. The van der Waals surface area contributed by atoms with Crippen LogP contribution < -0.4 is 5.32 Å². The van der Waals surface area contributed by atoms with Crippen LogP contribution in [0.3, 0.4) is 0 Å². The minimum atomic E-state index is 0.0449. The third kappa shape index (κ3) is 5.61. The van der Waals surface area contributed by atoms with Crippen molar-refractivity contribution in [3.8, 4) is 0 Å². The number of nitrogens with zero attached hydrogens (tertiary/aromatic N) is 3. The molecule has 0 bridgehead atoms. The fraction of sp³-hybridized carbons (Fsp3) is 0.684. The first-order valence-corrected chi connectivity index (χ1v) is 10.6. The second-order valence-corrected chi connectivity index (χ2v) is 8.32. The van der Waals surface area contributed by atoms with Crippen LogP contribution in [-0.2, 0) is 6.42 Å². The molecule has 1 aromatic rings. The van der Waals surface area contributed by atoms with Crippen LogP contribution in [0, 0.1) is 0 Å². The SMILES string of the molecule is CN(CCc1ccccn1)C(=O)NC1CCN(C2CCSCC2)CC1. The van der Waals surface area contributed by atoms with Crippen molar-refractivity contribution in [1.82, 2.24) is 20.1 Å². The van der Waals surface area contributed by atoms with Gasteiger partial charge in [0.15, 0.2) is 0 Å². The van der Waals surface area contributed by atoms with E-state index in [4.69, 9.17) is 0 Å². The number of pyridine rings is 1. The minimum Gasteiger partial charge on any atom is -0.335 e. The lowest BCUT2D eigenvalue weighted by molar-refractivity contribution is 0.133. The van der Waals surface area contributed by atoms with Gasteiger partial charge in [-0.2, -0.15) is 11.8 Å². The smallest absolute Gasteiger partial charge is 0.317 e. The second-order valence-electron chi connectivity index (χ2n) is 7.10. The monoisotopic (exact) mass is 362 g/mol. The maximum Gasteiger partial charge on any atom is 0.317 e. The first-order valence-electron chi connectivity index (χ1n) is 9.45. The highest BCUT2D eigenvalue weighted by atomic mass is 32.2. The molecule has 3 heterocycles. The molecule has 0 unspecified atom stereocenters. The Hall–Kier alpha value is -1.27. The van der Waals surface area contributed by atoms with E-state index in [1.54, 1.807) is 11.1 Å². The van der Waals surface area contributed by atoms with Crippen molar-refractivity contribution in [3.05, 3.63) is 30.1 Å². The molecular formula is C19H30N4OS. The molecule has 3 rings (SSSR count). The van der Waals surface area contributed by atoms with E-state index in [0.29, 0.717) is 12.6 Å². The van der Waals surface area contributed by atoms with Crippen LogP contribution in [-0.4, -0.2) is 71.1 Å². The molecule has 2 aliphatic rings. The first kappa shape index (κ1) is 18.5. The Kier molecular flexibility index (Phi) is 6.99. The number of amides is 2. The van der Waals surface area contributed by atoms with Crippen molar-refractivity contribution in [1.29, 1.82) is 0 Å². The highest BCUT2D eigenvalue weighted by Crippen LogP contribution is 2.24. The van der Waals surface area contributed by atoms with Crippen LogP contribution in [0.4, 0.5) is 4.79 Å². The van der Waals surface area contributed by atoms with E-state index in [0.717, 1.165) is 44.1 Å². The van der Waals surface area contributed by atoms with Gasteiger partial charge in [0.05, 0.1) is 0 Å². The molecule has 1 aromatic heterocycles. The quantitative estimate of drug-likeness (QED) is 0.875. The molecule has 2 saturated heterocycles. The molecule has 2 amide bonds. The molecule has 0 spiro atoms. The highest BCUT2D eigenvalue weighted by Gasteiger charge is 2.27. The lowest BCUT2D eigenvalue weighted by Crippen LogP contribution is -2.51. The summed E-state index contributed by atoms with van der Waals surface area (Å²) in [5.41, 5.74) is 1.03. The van der Waals surface area contributed by atoms with E-state index in [-0.39, 0.29) is 6.03 Å². The van der Waals surface area contributed by atoms with Crippen molar-refractivity contribution in [3.63, 3.8) is 0 Å². The molecule has 0 saturated carbocycles. The number of rotatable bonds is 5. The molecule has 1 N–H and O–H groups in total. The summed E-state index contributed by atoms with van der Waals surface area (Å²) in [6, 6.07) is 7.05. The van der Waals surface area contributed by atoms with Gasteiger partial charge in [-0.15, -0.1) is 0 Å². The Morgan fingerprint density at radius 3 is 2.72 bits per heavy atom. The van der Waals surface area contributed by atoms with Gasteiger partial charge in [0, 0.05) is 57.1 Å². The molecule has 0 aromatic carbocycles. The molecular weight excluding hydrogens is 332 g/mol. The zero-order chi connectivity index (χ0) is 17.5. The van der Waals surface area contributed by atoms with Crippen LogP contribution in [0.5, 0.6) is 0 Å². The fourth-order valence-electron chi connectivity index (χ4n) is 3.67. The number of likely N-dealkylation sites (N-methyl/N-ethyl adjacent to an activating group) is 1. The molecule has 0 radical (unpaired) electrons. The number of hydrogen-bond acceptors (Lipinski definition) is 4. The van der Waals surface area contributed by atoms with Gasteiger partial charge >= 0.3 is 6.03 Å².